The van der Waals surface area contributed by atoms with E-state index in [9.17, 15) is 13.6 Å². The van der Waals surface area contributed by atoms with Crippen LogP contribution in [0.25, 0.3) is 5.57 Å². The zero-order chi connectivity index (χ0) is 21.9. The van der Waals surface area contributed by atoms with Gasteiger partial charge in [-0.15, -0.1) is 0 Å². The molecule has 30 heavy (non-hydrogen) atoms. The summed E-state index contributed by atoms with van der Waals surface area (Å²) in [4.78, 5) is 18.0. The van der Waals surface area contributed by atoms with Gasteiger partial charge in [0.2, 0.25) is 0 Å². The predicted octanol–water partition coefficient (Wildman–Crippen LogP) is 4.44. The molecule has 8 heteroatoms. The molecule has 6 nitrogen and oxygen atoms in total. The van der Waals surface area contributed by atoms with E-state index in [4.69, 9.17) is 14.7 Å². The minimum absolute atomic E-state index is 0.00729. The van der Waals surface area contributed by atoms with E-state index >= 15 is 0 Å². The van der Waals surface area contributed by atoms with Gasteiger partial charge in [0.25, 0.3) is 0 Å². The van der Waals surface area contributed by atoms with E-state index in [1.165, 1.54) is 29.2 Å². The smallest absolute Gasteiger partial charge is 0.410 e. The van der Waals surface area contributed by atoms with E-state index in [0.717, 1.165) is 11.6 Å². The molecular formula is C22H21F2N3O3. The summed E-state index contributed by atoms with van der Waals surface area (Å²) in [5.74, 6) is -1.40. The maximum Gasteiger partial charge on any atom is 0.410 e. The zero-order valence-electron chi connectivity index (χ0n) is 16.9. The first kappa shape index (κ1) is 21.2. The summed E-state index contributed by atoms with van der Waals surface area (Å²) in [7, 11) is 0. The van der Waals surface area contributed by atoms with Gasteiger partial charge < -0.3 is 14.4 Å². The van der Waals surface area contributed by atoms with Crippen molar-refractivity contribution >= 4 is 11.7 Å². The number of hydrogen-bond donors (Lipinski definition) is 0. The van der Waals surface area contributed by atoms with Gasteiger partial charge in [-0.2, -0.15) is 5.26 Å². The van der Waals surface area contributed by atoms with Crippen molar-refractivity contribution in [1.82, 2.24) is 9.88 Å². The van der Waals surface area contributed by atoms with Gasteiger partial charge in [-0.3, -0.25) is 0 Å². The van der Waals surface area contributed by atoms with Gasteiger partial charge in [0, 0.05) is 6.54 Å². The second kappa shape index (κ2) is 8.49. The highest BCUT2D eigenvalue weighted by Gasteiger charge is 2.26. The number of amides is 1. The van der Waals surface area contributed by atoms with Gasteiger partial charge in [0.05, 0.1) is 23.9 Å². The molecule has 1 aromatic heterocycles. The average molecular weight is 413 g/mol. The Bertz CT molecular complexity index is 1040. The average Bonchev–Trinajstić information content (AvgIpc) is 3.17. The molecule has 2 aromatic rings. The molecule has 156 valence electrons. The maximum absolute atomic E-state index is 14.2. The minimum Gasteiger partial charge on any atom is -0.484 e. The molecule has 1 aliphatic heterocycles. The fraction of sp³-hybridized carbons (Fsp3) is 0.318. The van der Waals surface area contributed by atoms with Crippen LogP contribution in [0.4, 0.5) is 13.6 Å². The largest absolute Gasteiger partial charge is 0.484 e. The van der Waals surface area contributed by atoms with Gasteiger partial charge in [0.15, 0.2) is 11.6 Å². The van der Waals surface area contributed by atoms with Gasteiger partial charge in [-0.05, 0) is 56.7 Å². The second-order valence-corrected chi connectivity index (χ2v) is 7.76. The Labute approximate surface area is 173 Å². The van der Waals surface area contributed by atoms with E-state index in [1.807, 2.05) is 12.1 Å². The number of benzene rings is 1. The highest BCUT2D eigenvalue weighted by Crippen LogP contribution is 2.24. The number of hydrogen-bond acceptors (Lipinski definition) is 5. The molecule has 2 heterocycles. The quantitative estimate of drug-likeness (QED) is 0.741. The molecule has 1 aliphatic rings. The van der Waals surface area contributed by atoms with Crippen molar-refractivity contribution in [1.29, 1.82) is 5.26 Å². The highest BCUT2D eigenvalue weighted by molar-refractivity contribution is 5.76. The number of nitrogens with zero attached hydrogens (tertiary/aromatic N) is 3. The van der Waals surface area contributed by atoms with E-state index < -0.39 is 23.3 Å². The molecule has 0 saturated carbocycles. The molecule has 0 bridgehead atoms. The normalized spacial score (nSPS) is 13.6. The van der Waals surface area contributed by atoms with Gasteiger partial charge in [-0.25, -0.2) is 18.6 Å². The first-order chi connectivity index (χ1) is 14.2. The third-order valence-electron chi connectivity index (χ3n) is 4.24. The van der Waals surface area contributed by atoms with Crippen LogP contribution in [0.3, 0.4) is 0 Å². The van der Waals surface area contributed by atoms with Crippen molar-refractivity contribution in [3.05, 3.63) is 65.0 Å². The number of pyridine rings is 1. The monoisotopic (exact) mass is 413 g/mol. The summed E-state index contributed by atoms with van der Waals surface area (Å²) in [5, 5.41) is 8.79. The molecular weight excluding hydrogens is 392 g/mol. The van der Waals surface area contributed by atoms with Crippen LogP contribution >= 0.6 is 0 Å². The van der Waals surface area contributed by atoms with Crippen LogP contribution in [-0.4, -0.2) is 34.7 Å². The number of ether oxygens (including phenoxy) is 2. The van der Waals surface area contributed by atoms with Crippen LogP contribution in [0.2, 0.25) is 0 Å². The third-order valence-corrected chi connectivity index (χ3v) is 4.24. The molecule has 0 fully saturated rings. The molecule has 0 atom stereocenters. The summed E-state index contributed by atoms with van der Waals surface area (Å²) in [6.45, 7) is 5.74. The summed E-state index contributed by atoms with van der Waals surface area (Å²) in [6, 6.07) is 8.37. The fourth-order valence-electron chi connectivity index (χ4n) is 2.80. The van der Waals surface area contributed by atoms with Crippen LogP contribution in [0.15, 0.2) is 36.4 Å². The van der Waals surface area contributed by atoms with Crippen LogP contribution in [-0.2, 0) is 11.3 Å². The van der Waals surface area contributed by atoms with Crippen LogP contribution in [0, 0.1) is 23.0 Å². The Hall–Kier alpha value is -3.47. The molecule has 1 amide bonds. The lowest BCUT2D eigenvalue weighted by molar-refractivity contribution is 0.0306. The van der Waals surface area contributed by atoms with Gasteiger partial charge in [-0.1, -0.05) is 6.08 Å². The standard InChI is InChI=1S/C22H21F2N3O3/c1-22(2,3)30-21(28)27-9-8-15(12-27)18-6-5-16(23)19(26-18)13-29-20-7-4-14(11-25)10-17(20)24/h4-8,10H,9,12-13H2,1-3H3. The molecule has 0 aliphatic carbocycles. The second-order valence-electron chi connectivity index (χ2n) is 7.76. The van der Waals surface area contributed by atoms with Crippen LogP contribution < -0.4 is 4.74 Å². The summed E-state index contributed by atoms with van der Waals surface area (Å²) < 4.78 is 38.8. The Morgan fingerprint density at radius 2 is 2.00 bits per heavy atom. The maximum atomic E-state index is 14.2. The number of carbonyl (C=O) groups is 1. The van der Waals surface area contributed by atoms with E-state index in [-0.39, 0.29) is 30.2 Å². The van der Waals surface area contributed by atoms with Crippen molar-refractivity contribution in [3.63, 3.8) is 0 Å². The lowest BCUT2D eigenvalue weighted by atomic mass is 10.1. The topological polar surface area (TPSA) is 75.4 Å². The van der Waals surface area contributed by atoms with Crippen molar-refractivity contribution in [2.24, 2.45) is 0 Å². The number of halogens is 2. The Kier molecular flexibility index (Phi) is 6.01. The summed E-state index contributed by atoms with van der Waals surface area (Å²) in [5.41, 5.74) is 0.828. The van der Waals surface area contributed by atoms with Crippen molar-refractivity contribution in [3.8, 4) is 11.8 Å². The predicted molar refractivity (Wildman–Crippen MR) is 105 cm³/mol. The first-order valence-electron chi connectivity index (χ1n) is 9.31. The van der Waals surface area contributed by atoms with Crippen molar-refractivity contribution in [2.75, 3.05) is 13.1 Å². The van der Waals surface area contributed by atoms with Crippen molar-refractivity contribution < 1.29 is 23.0 Å². The Morgan fingerprint density at radius 3 is 2.67 bits per heavy atom. The lowest BCUT2D eigenvalue weighted by Gasteiger charge is -2.24. The lowest BCUT2D eigenvalue weighted by Crippen LogP contribution is -2.35. The summed E-state index contributed by atoms with van der Waals surface area (Å²) in [6.07, 6.45) is 1.39. The SMILES string of the molecule is CC(C)(C)OC(=O)N1CC=C(c2ccc(F)c(COc3ccc(C#N)cc3F)n2)C1. The fourth-order valence-corrected chi connectivity index (χ4v) is 2.80. The Balaban J connectivity index is 1.69. The zero-order valence-corrected chi connectivity index (χ0v) is 16.9. The molecule has 3 rings (SSSR count). The van der Waals surface area contributed by atoms with E-state index in [2.05, 4.69) is 4.98 Å². The van der Waals surface area contributed by atoms with Crippen LogP contribution in [0.5, 0.6) is 5.75 Å². The Morgan fingerprint density at radius 1 is 1.23 bits per heavy atom. The molecule has 0 saturated heterocycles. The molecule has 1 aromatic carbocycles. The molecule has 0 spiro atoms. The number of rotatable bonds is 4. The van der Waals surface area contributed by atoms with E-state index in [1.54, 1.807) is 20.8 Å². The number of nitriles is 1. The van der Waals surface area contributed by atoms with Crippen LogP contribution in [0.1, 0.15) is 37.7 Å². The number of carbonyl (C=O) groups excluding carboxylic acids is 1. The minimum atomic E-state index is -0.711. The molecule has 0 N–H and O–H groups in total. The van der Waals surface area contributed by atoms with E-state index in [0.29, 0.717) is 12.2 Å². The van der Waals surface area contributed by atoms with Crippen molar-refractivity contribution in [2.45, 2.75) is 33.0 Å². The molecule has 0 radical (unpaired) electrons. The number of aromatic nitrogens is 1. The van der Waals surface area contributed by atoms with Gasteiger partial charge >= 0.3 is 6.09 Å². The highest BCUT2D eigenvalue weighted by atomic mass is 19.1. The molecule has 0 unspecified atom stereocenters. The summed E-state index contributed by atoms with van der Waals surface area (Å²) >= 11 is 0. The third kappa shape index (κ3) is 5.11. The first-order valence-corrected chi connectivity index (χ1v) is 9.31. The van der Waals surface area contributed by atoms with Gasteiger partial charge in [0.1, 0.15) is 23.7 Å².